The van der Waals surface area contributed by atoms with Gasteiger partial charge < -0.3 is 15.2 Å². The lowest BCUT2D eigenvalue weighted by molar-refractivity contribution is 0.0694. The van der Waals surface area contributed by atoms with Crippen LogP contribution in [0.3, 0.4) is 0 Å². The molecule has 8 nitrogen and oxygen atoms in total. The molecule has 8 heteroatoms. The molecule has 0 fully saturated rings. The largest absolute Gasteiger partial charge is 0.478 e. The summed E-state index contributed by atoms with van der Waals surface area (Å²) in [6.07, 6.45) is 4.74. The number of rotatable bonds is 6. The SMILES string of the molecule is COCCn1cc2c(n1)C(NC(=O)c1ccc(C(=O)O)c(C)n1)CCC2. The minimum absolute atomic E-state index is 0.0957. The quantitative estimate of drug-likeness (QED) is 0.815. The first-order valence-corrected chi connectivity index (χ1v) is 8.56. The molecule has 0 saturated heterocycles. The lowest BCUT2D eigenvalue weighted by Crippen LogP contribution is -2.32. The van der Waals surface area contributed by atoms with Crippen LogP contribution in [0.15, 0.2) is 18.3 Å². The van der Waals surface area contributed by atoms with E-state index in [9.17, 15) is 9.59 Å². The van der Waals surface area contributed by atoms with E-state index in [1.54, 1.807) is 14.0 Å². The average molecular weight is 358 g/mol. The topological polar surface area (TPSA) is 106 Å². The molecule has 1 aliphatic carbocycles. The van der Waals surface area contributed by atoms with Gasteiger partial charge in [-0.3, -0.25) is 9.48 Å². The van der Waals surface area contributed by atoms with Crippen molar-refractivity contribution in [2.45, 2.75) is 38.8 Å². The molecule has 0 aliphatic heterocycles. The van der Waals surface area contributed by atoms with Gasteiger partial charge in [-0.1, -0.05) is 0 Å². The van der Waals surface area contributed by atoms with Crippen molar-refractivity contribution < 1.29 is 19.4 Å². The fraction of sp³-hybridized carbons (Fsp3) is 0.444. The van der Waals surface area contributed by atoms with Gasteiger partial charge in [0.15, 0.2) is 0 Å². The van der Waals surface area contributed by atoms with Crippen LogP contribution in [-0.2, 0) is 17.7 Å². The summed E-state index contributed by atoms with van der Waals surface area (Å²) < 4.78 is 6.93. The molecule has 1 aliphatic rings. The third-order valence-corrected chi connectivity index (χ3v) is 4.52. The minimum Gasteiger partial charge on any atom is -0.478 e. The maximum absolute atomic E-state index is 12.6. The van der Waals surface area contributed by atoms with Gasteiger partial charge in [0.25, 0.3) is 5.91 Å². The van der Waals surface area contributed by atoms with Crippen LogP contribution in [0.5, 0.6) is 0 Å². The van der Waals surface area contributed by atoms with Crippen LogP contribution in [-0.4, -0.2) is 45.5 Å². The van der Waals surface area contributed by atoms with Gasteiger partial charge in [0.05, 0.1) is 36.1 Å². The van der Waals surface area contributed by atoms with E-state index in [0.29, 0.717) is 18.8 Å². The van der Waals surface area contributed by atoms with E-state index in [0.717, 1.165) is 30.5 Å². The number of nitrogens with one attached hydrogen (secondary N) is 1. The van der Waals surface area contributed by atoms with E-state index in [4.69, 9.17) is 9.84 Å². The number of carboxylic acid groups (broad SMARTS) is 1. The Morgan fingerprint density at radius 1 is 1.42 bits per heavy atom. The highest BCUT2D eigenvalue weighted by Gasteiger charge is 2.26. The standard InChI is InChI=1S/C18H22N4O4/c1-11-13(18(24)25)6-7-15(19-11)17(23)20-14-5-3-4-12-10-22(8-9-26-2)21-16(12)14/h6-7,10,14H,3-5,8-9H2,1-2H3,(H,20,23)(H,24,25). The molecule has 3 rings (SSSR count). The van der Waals surface area contributed by atoms with Crippen molar-refractivity contribution in [2.24, 2.45) is 0 Å². The van der Waals surface area contributed by atoms with E-state index < -0.39 is 5.97 Å². The lowest BCUT2D eigenvalue weighted by atomic mass is 9.93. The summed E-state index contributed by atoms with van der Waals surface area (Å²) in [5, 5.41) is 16.6. The average Bonchev–Trinajstić information content (AvgIpc) is 3.03. The van der Waals surface area contributed by atoms with Crippen LogP contribution in [0, 0.1) is 6.92 Å². The van der Waals surface area contributed by atoms with Crippen molar-refractivity contribution >= 4 is 11.9 Å². The predicted molar refractivity (Wildman–Crippen MR) is 93.2 cm³/mol. The summed E-state index contributed by atoms with van der Waals surface area (Å²) in [7, 11) is 1.65. The molecule has 1 unspecified atom stereocenters. The Morgan fingerprint density at radius 3 is 2.92 bits per heavy atom. The summed E-state index contributed by atoms with van der Waals surface area (Å²) in [4.78, 5) is 27.8. The highest BCUT2D eigenvalue weighted by atomic mass is 16.5. The predicted octanol–water partition coefficient (Wildman–Crippen LogP) is 1.74. The molecular weight excluding hydrogens is 336 g/mol. The number of amides is 1. The lowest BCUT2D eigenvalue weighted by Gasteiger charge is -2.22. The van der Waals surface area contributed by atoms with Crippen molar-refractivity contribution in [3.63, 3.8) is 0 Å². The van der Waals surface area contributed by atoms with Crippen LogP contribution in [0.1, 0.15) is 56.7 Å². The Balaban J connectivity index is 1.75. The van der Waals surface area contributed by atoms with Crippen molar-refractivity contribution in [1.29, 1.82) is 0 Å². The van der Waals surface area contributed by atoms with Crippen LogP contribution in [0.2, 0.25) is 0 Å². The summed E-state index contributed by atoms with van der Waals surface area (Å²) >= 11 is 0. The number of carboxylic acids is 1. The number of aromatic carboxylic acids is 1. The fourth-order valence-corrected chi connectivity index (χ4v) is 3.18. The zero-order valence-corrected chi connectivity index (χ0v) is 14.9. The number of aryl methyl sites for hydroxylation is 2. The Hall–Kier alpha value is -2.74. The first-order chi connectivity index (χ1) is 12.5. The minimum atomic E-state index is -1.06. The van der Waals surface area contributed by atoms with E-state index in [-0.39, 0.29) is 23.2 Å². The molecule has 0 aromatic carbocycles. The van der Waals surface area contributed by atoms with E-state index in [2.05, 4.69) is 15.4 Å². The molecule has 0 bridgehead atoms. The van der Waals surface area contributed by atoms with Crippen molar-refractivity contribution in [3.8, 4) is 0 Å². The van der Waals surface area contributed by atoms with Gasteiger partial charge in [-0.05, 0) is 43.9 Å². The Bertz CT molecular complexity index is 831. The van der Waals surface area contributed by atoms with Gasteiger partial charge >= 0.3 is 5.97 Å². The summed E-state index contributed by atoms with van der Waals surface area (Å²) in [6.45, 7) is 2.83. The molecule has 2 aromatic heterocycles. The van der Waals surface area contributed by atoms with Gasteiger partial charge in [0.2, 0.25) is 0 Å². The molecule has 2 N–H and O–H groups in total. The Kier molecular flexibility index (Phi) is 5.32. The summed E-state index contributed by atoms with van der Waals surface area (Å²) in [6, 6.07) is 2.68. The number of carbonyl (C=O) groups excluding carboxylic acids is 1. The number of nitrogens with zero attached hydrogens (tertiary/aromatic N) is 3. The first kappa shape index (κ1) is 18.1. The van der Waals surface area contributed by atoms with Gasteiger partial charge in [-0.15, -0.1) is 0 Å². The van der Waals surface area contributed by atoms with Gasteiger partial charge in [0, 0.05) is 13.3 Å². The fourth-order valence-electron chi connectivity index (χ4n) is 3.18. The normalized spacial score (nSPS) is 16.2. The molecule has 2 aromatic rings. The molecule has 138 valence electrons. The molecule has 26 heavy (non-hydrogen) atoms. The molecule has 1 atom stereocenters. The smallest absolute Gasteiger partial charge is 0.337 e. The maximum Gasteiger partial charge on any atom is 0.337 e. The van der Waals surface area contributed by atoms with E-state index >= 15 is 0 Å². The molecule has 2 heterocycles. The first-order valence-electron chi connectivity index (χ1n) is 8.56. The molecular formula is C18H22N4O4. The highest BCUT2D eigenvalue weighted by Crippen LogP contribution is 2.28. The molecule has 0 saturated carbocycles. The van der Waals surface area contributed by atoms with Gasteiger partial charge in [-0.25, -0.2) is 9.78 Å². The van der Waals surface area contributed by atoms with Crippen LogP contribution in [0.4, 0.5) is 0 Å². The third-order valence-electron chi connectivity index (χ3n) is 4.52. The van der Waals surface area contributed by atoms with Crippen LogP contribution < -0.4 is 5.32 Å². The Labute approximate surface area is 151 Å². The summed E-state index contributed by atoms with van der Waals surface area (Å²) in [5.74, 6) is -1.38. The number of fused-ring (bicyclic) bond motifs is 1. The zero-order chi connectivity index (χ0) is 18.7. The molecule has 0 radical (unpaired) electrons. The van der Waals surface area contributed by atoms with Crippen molar-refractivity contribution in [1.82, 2.24) is 20.1 Å². The second kappa shape index (κ2) is 7.65. The number of aromatic nitrogens is 3. The number of methoxy groups -OCH3 is 1. The maximum atomic E-state index is 12.6. The molecule has 1 amide bonds. The number of ether oxygens (including phenoxy) is 1. The zero-order valence-electron chi connectivity index (χ0n) is 14.9. The summed E-state index contributed by atoms with van der Waals surface area (Å²) in [5.41, 5.74) is 2.65. The number of hydrogen-bond acceptors (Lipinski definition) is 5. The molecule has 0 spiro atoms. The van der Waals surface area contributed by atoms with Gasteiger partial charge in [0.1, 0.15) is 5.69 Å². The third kappa shape index (κ3) is 3.75. The van der Waals surface area contributed by atoms with Crippen molar-refractivity contribution in [2.75, 3.05) is 13.7 Å². The van der Waals surface area contributed by atoms with Gasteiger partial charge in [-0.2, -0.15) is 5.10 Å². The second-order valence-corrected chi connectivity index (χ2v) is 6.35. The van der Waals surface area contributed by atoms with Crippen molar-refractivity contribution in [3.05, 3.63) is 46.5 Å². The monoisotopic (exact) mass is 358 g/mol. The van der Waals surface area contributed by atoms with E-state index in [1.165, 1.54) is 12.1 Å². The van der Waals surface area contributed by atoms with Crippen LogP contribution >= 0.6 is 0 Å². The second-order valence-electron chi connectivity index (χ2n) is 6.35. The van der Waals surface area contributed by atoms with E-state index in [1.807, 2.05) is 10.9 Å². The highest BCUT2D eigenvalue weighted by molar-refractivity contribution is 5.94. The number of hydrogen-bond donors (Lipinski definition) is 2. The number of pyridine rings is 1. The number of carbonyl (C=O) groups is 2. The van der Waals surface area contributed by atoms with Crippen LogP contribution in [0.25, 0.3) is 0 Å². The Morgan fingerprint density at radius 2 is 2.23 bits per heavy atom.